The summed E-state index contributed by atoms with van der Waals surface area (Å²) in [6.45, 7) is 3.90. The molecule has 1 N–H and O–H groups in total. The van der Waals surface area contributed by atoms with E-state index in [2.05, 4.69) is 10.2 Å². The maximum atomic E-state index is 3.68. The van der Waals surface area contributed by atoms with Gasteiger partial charge in [-0.25, -0.2) is 0 Å². The van der Waals surface area contributed by atoms with E-state index in [9.17, 15) is 0 Å². The van der Waals surface area contributed by atoms with Crippen LogP contribution >= 0.6 is 0 Å². The lowest BCUT2D eigenvalue weighted by Crippen LogP contribution is -2.47. The monoisotopic (exact) mass is 182 g/mol. The molecule has 2 saturated heterocycles. The van der Waals surface area contributed by atoms with Crippen LogP contribution in [-0.2, 0) is 0 Å². The molecule has 2 heterocycles. The molecule has 0 radical (unpaired) electrons. The molecule has 13 heavy (non-hydrogen) atoms. The normalized spacial score (nSPS) is 32.8. The first-order valence-electron chi connectivity index (χ1n) is 5.94. The molecule has 1 unspecified atom stereocenters. The summed E-state index contributed by atoms with van der Waals surface area (Å²) in [5.74, 6) is 0. The highest BCUT2D eigenvalue weighted by Crippen LogP contribution is 2.16. The third-order valence-electron chi connectivity index (χ3n) is 3.37. The zero-order valence-electron chi connectivity index (χ0n) is 8.60. The van der Waals surface area contributed by atoms with E-state index in [1.807, 2.05) is 0 Å². The van der Waals surface area contributed by atoms with Gasteiger partial charge in [0, 0.05) is 0 Å². The average molecular weight is 182 g/mol. The lowest BCUT2D eigenvalue weighted by atomic mass is 10.1. The summed E-state index contributed by atoms with van der Waals surface area (Å²) in [7, 11) is 0. The van der Waals surface area contributed by atoms with Crippen LogP contribution in [0.4, 0.5) is 0 Å². The van der Waals surface area contributed by atoms with E-state index in [4.69, 9.17) is 0 Å². The molecule has 2 fully saturated rings. The molecule has 0 aromatic heterocycles. The summed E-state index contributed by atoms with van der Waals surface area (Å²) < 4.78 is 0. The molecule has 0 amide bonds. The van der Waals surface area contributed by atoms with Crippen molar-refractivity contribution >= 4 is 0 Å². The van der Waals surface area contributed by atoms with Crippen molar-refractivity contribution in [2.75, 3.05) is 19.6 Å². The molecular weight excluding hydrogens is 160 g/mol. The van der Waals surface area contributed by atoms with Crippen LogP contribution in [0, 0.1) is 0 Å². The van der Waals surface area contributed by atoms with Gasteiger partial charge >= 0.3 is 0 Å². The van der Waals surface area contributed by atoms with Gasteiger partial charge in [0.25, 0.3) is 0 Å². The molecule has 2 nitrogen and oxygen atoms in total. The topological polar surface area (TPSA) is 15.3 Å². The van der Waals surface area contributed by atoms with Crippen molar-refractivity contribution in [2.45, 2.75) is 51.1 Å². The van der Waals surface area contributed by atoms with Gasteiger partial charge in [-0.3, -0.25) is 4.90 Å². The Labute approximate surface area is 81.7 Å². The molecule has 76 valence electrons. The molecule has 0 spiro atoms. The summed E-state index contributed by atoms with van der Waals surface area (Å²) in [6, 6.07) is 0. The molecule has 1 atom stereocenters. The van der Waals surface area contributed by atoms with Crippen LogP contribution in [0.5, 0.6) is 0 Å². The van der Waals surface area contributed by atoms with Crippen molar-refractivity contribution in [2.24, 2.45) is 0 Å². The Bertz CT molecular complexity index is 133. The maximum Gasteiger partial charge on any atom is 0.0597 e. The fraction of sp³-hybridized carbons (Fsp3) is 1.00. The molecular formula is C11H22N2. The van der Waals surface area contributed by atoms with E-state index >= 15 is 0 Å². The highest BCUT2D eigenvalue weighted by atomic mass is 15.3. The second kappa shape index (κ2) is 4.97. The van der Waals surface area contributed by atoms with Crippen molar-refractivity contribution in [3.05, 3.63) is 0 Å². The van der Waals surface area contributed by atoms with Crippen LogP contribution in [0.1, 0.15) is 44.9 Å². The standard InChI is InChI=1S/C11H22N2/c1-3-7-11(12-8-4-1)13-9-5-2-6-10-13/h11-12H,1-10H2. The number of piperidine rings is 1. The van der Waals surface area contributed by atoms with Crippen molar-refractivity contribution in [3.63, 3.8) is 0 Å². The van der Waals surface area contributed by atoms with Gasteiger partial charge in [0.2, 0.25) is 0 Å². The summed E-state index contributed by atoms with van der Waals surface area (Å²) in [5, 5.41) is 3.68. The van der Waals surface area contributed by atoms with Gasteiger partial charge in [-0.2, -0.15) is 0 Å². The lowest BCUT2D eigenvalue weighted by Gasteiger charge is -2.34. The Balaban J connectivity index is 1.82. The smallest absolute Gasteiger partial charge is 0.0597 e. The maximum absolute atomic E-state index is 3.68. The predicted molar refractivity (Wildman–Crippen MR) is 55.7 cm³/mol. The number of nitrogens with zero attached hydrogens (tertiary/aromatic N) is 1. The molecule has 2 heteroatoms. The second-order valence-electron chi connectivity index (χ2n) is 4.42. The molecule has 0 aromatic rings. The average Bonchev–Trinajstić information content (AvgIpc) is 2.47. The lowest BCUT2D eigenvalue weighted by molar-refractivity contribution is 0.133. The molecule has 2 rings (SSSR count). The number of hydrogen-bond donors (Lipinski definition) is 1. The predicted octanol–water partition coefficient (Wildman–Crippen LogP) is 1.96. The van der Waals surface area contributed by atoms with Crippen LogP contribution < -0.4 is 5.32 Å². The Morgan fingerprint density at radius 1 is 0.846 bits per heavy atom. The summed E-state index contributed by atoms with van der Waals surface area (Å²) in [5.41, 5.74) is 0. The Morgan fingerprint density at radius 2 is 1.62 bits per heavy atom. The third-order valence-corrected chi connectivity index (χ3v) is 3.37. The Morgan fingerprint density at radius 3 is 2.46 bits per heavy atom. The van der Waals surface area contributed by atoms with Gasteiger partial charge in [-0.05, 0) is 45.3 Å². The van der Waals surface area contributed by atoms with E-state index in [0.29, 0.717) is 6.17 Å². The van der Waals surface area contributed by atoms with Crippen LogP contribution in [0.25, 0.3) is 0 Å². The van der Waals surface area contributed by atoms with E-state index in [1.54, 1.807) is 0 Å². The largest absolute Gasteiger partial charge is 0.302 e. The highest BCUT2D eigenvalue weighted by molar-refractivity contribution is 4.75. The van der Waals surface area contributed by atoms with Crippen molar-refractivity contribution in [1.82, 2.24) is 10.2 Å². The first kappa shape index (κ1) is 9.47. The molecule has 0 saturated carbocycles. The van der Waals surface area contributed by atoms with E-state index in [-0.39, 0.29) is 0 Å². The molecule has 0 aromatic carbocycles. The Hall–Kier alpha value is -0.0800. The number of rotatable bonds is 1. The Kier molecular flexibility index (Phi) is 3.62. The van der Waals surface area contributed by atoms with E-state index in [0.717, 1.165) is 0 Å². The highest BCUT2D eigenvalue weighted by Gasteiger charge is 2.20. The third kappa shape index (κ3) is 2.68. The quantitative estimate of drug-likeness (QED) is 0.667. The van der Waals surface area contributed by atoms with E-state index < -0.39 is 0 Å². The van der Waals surface area contributed by atoms with Gasteiger partial charge in [-0.15, -0.1) is 0 Å². The number of nitrogens with one attached hydrogen (secondary N) is 1. The van der Waals surface area contributed by atoms with Gasteiger partial charge in [-0.1, -0.05) is 19.3 Å². The minimum Gasteiger partial charge on any atom is -0.302 e. The summed E-state index contributed by atoms with van der Waals surface area (Å²) in [4.78, 5) is 2.66. The first-order chi connectivity index (χ1) is 6.47. The van der Waals surface area contributed by atoms with Crippen molar-refractivity contribution in [3.8, 4) is 0 Å². The molecule has 0 aliphatic carbocycles. The molecule has 0 bridgehead atoms. The van der Waals surface area contributed by atoms with Gasteiger partial charge < -0.3 is 5.32 Å². The van der Waals surface area contributed by atoms with E-state index in [1.165, 1.54) is 64.6 Å². The fourth-order valence-corrected chi connectivity index (χ4v) is 2.55. The summed E-state index contributed by atoms with van der Waals surface area (Å²) in [6.07, 6.45) is 10.6. The SMILES string of the molecule is C1CCNC(N2CCCCC2)CC1. The van der Waals surface area contributed by atoms with Crippen molar-refractivity contribution < 1.29 is 0 Å². The number of likely N-dealkylation sites (tertiary alicyclic amines) is 1. The van der Waals surface area contributed by atoms with Crippen LogP contribution in [0.15, 0.2) is 0 Å². The fourth-order valence-electron chi connectivity index (χ4n) is 2.55. The number of hydrogen-bond acceptors (Lipinski definition) is 2. The minimum absolute atomic E-state index is 0.711. The molecule has 2 aliphatic heterocycles. The van der Waals surface area contributed by atoms with Gasteiger partial charge in [0.15, 0.2) is 0 Å². The van der Waals surface area contributed by atoms with Crippen LogP contribution in [0.3, 0.4) is 0 Å². The molecule has 2 aliphatic rings. The van der Waals surface area contributed by atoms with Gasteiger partial charge in [0.1, 0.15) is 0 Å². The first-order valence-corrected chi connectivity index (χ1v) is 5.94. The van der Waals surface area contributed by atoms with Gasteiger partial charge in [0.05, 0.1) is 6.17 Å². The van der Waals surface area contributed by atoms with Crippen LogP contribution in [-0.4, -0.2) is 30.7 Å². The van der Waals surface area contributed by atoms with Crippen molar-refractivity contribution in [1.29, 1.82) is 0 Å². The summed E-state index contributed by atoms with van der Waals surface area (Å²) >= 11 is 0. The minimum atomic E-state index is 0.711. The zero-order chi connectivity index (χ0) is 8.93. The second-order valence-corrected chi connectivity index (χ2v) is 4.42. The zero-order valence-corrected chi connectivity index (χ0v) is 8.60. The van der Waals surface area contributed by atoms with Crippen LogP contribution in [0.2, 0.25) is 0 Å².